The summed E-state index contributed by atoms with van der Waals surface area (Å²) in [6, 6.07) is 10.2. The van der Waals surface area contributed by atoms with Gasteiger partial charge in [-0.15, -0.1) is 0 Å². The van der Waals surface area contributed by atoms with Crippen LogP contribution in [0, 0.1) is 5.41 Å². The highest BCUT2D eigenvalue weighted by Gasteiger charge is 2.40. The van der Waals surface area contributed by atoms with Gasteiger partial charge in [0.1, 0.15) is 0 Å². The van der Waals surface area contributed by atoms with Crippen LogP contribution in [0.1, 0.15) is 31.7 Å². The van der Waals surface area contributed by atoms with E-state index in [4.69, 9.17) is 5.73 Å². The monoisotopic (exact) mass is 231 g/mol. The van der Waals surface area contributed by atoms with Crippen molar-refractivity contribution in [3.63, 3.8) is 0 Å². The smallest absolute Gasteiger partial charge is 0.188 e. The van der Waals surface area contributed by atoms with E-state index in [0.717, 1.165) is 6.54 Å². The van der Waals surface area contributed by atoms with E-state index in [1.807, 2.05) is 18.2 Å². The van der Waals surface area contributed by atoms with Gasteiger partial charge in [-0.1, -0.05) is 37.3 Å². The lowest BCUT2D eigenvalue weighted by Crippen LogP contribution is -2.36. The number of nitrogens with two attached hydrogens (primary N) is 1. The molecule has 0 radical (unpaired) electrons. The summed E-state index contributed by atoms with van der Waals surface area (Å²) >= 11 is 0. The fraction of sp³-hybridized carbons (Fsp3) is 0.500. The van der Waals surface area contributed by atoms with Gasteiger partial charge in [0.15, 0.2) is 5.96 Å². The van der Waals surface area contributed by atoms with Crippen LogP contribution in [0.4, 0.5) is 0 Å². The van der Waals surface area contributed by atoms with Crippen LogP contribution < -0.4 is 11.1 Å². The van der Waals surface area contributed by atoms with E-state index in [1.165, 1.54) is 24.8 Å². The standard InChI is InChI=1S/C14H21N3/c1-2-14(8-9-14)11-17-13(15)16-10-12-6-4-3-5-7-12/h3-7H,2,8-11H2,1H3,(H3,15,16,17). The quantitative estimate of drug-likeness (QED) is 0.603. The third kappa shape index (κ3) is 3.48. The van der Waals surface area contributed by atoms with Crippen LogP contribution in [0.25, 0.3) is 0 Å². The average Bonchev–Trinajstić information content (AvgIpc) is 3.16. The van der Waals surface area contributed by atoms with Crippen molar-refractivity contribution in [2.24, 2.45) is 16.1 Å². The maximum atomic E-state index is 5.85. The molecule has 3 nitrogen and oxygen atoms in total. The first-order valence-corrected chi connectivity index (χ1v) is 6.32. The van der Waals surface area contributed by atoms with Crippen molar-refractivity contribution in [3.8, 4) is 0 Å². The number of nitrogens with one attached hydrogen (secondary N) is 1. The molecule has 3 heteroatoms. The van der Waals surface area contributed by atoms with Crippen molar-refractivity contribution < 1.29 is 0 Å². The van der Waals surface area contributed by atoms with Gasteiger partial charge < -0.3 is 11.1 Å². The molecule has 0 unspecified atom stereocenters. The summed E-state index contributed by atoms with van der Waals surface area (Å²) in [7, 11) is 0. The fourth-order valence-corrected chi connectivity index (χ4v) is 1.93. The van der Waals surface area contributed by atoms with Crippen molar-refractivity contribution >= 4 is 5.96 Å². The zero-order valence-electron chi connectivity index (χ0n) is 10.4. The topological polar surface area (TPSA) is 50.4 Å². The number of rotatable bonds is 5. The Kier molecular flexibility index (Phi) is 3.67. The van der Waals surface area contributed by atoms with E-state index in [-0.39, 0.29) is 0 Å². The van der Waals surface area contributed by atoms with Gasteiger partial charge in [-0.05, 0) is 30.2 Å². The molecule has 1 saturated carbocycles. The highest BCUT2D eigenvalue weighted by atomic mass is 15.1. The molecule has 1 aliphatic rings. The Balaban J connectivity index is 1.78. The Morgan fingerprint density at radius 1 is 1.35 bits per heavy atom. The third-order valence-electron chi connectivity index (χ3n) is 3.63. The molecule has 2 rings (SSSR count). The highest BCUT2D eigenvalue weighted by molar-refractivity contribution is 5.77. The number of hydrogen-bond donors (Lipinski definition) is 2. The zero-order valence-corrected chi connectivity index (χ0v) is 10.4. The maximum Gasteiger partial charge on any atom is 0.188 e. The molecule has 0 spiro atoms. The van der Waals surface area contributed by atoms with Gasteiger partial charge in [0, 0.05) is 6.54 Å². The fourth-order valence-electron chi connectivity index (χ4n) is 1.93. The second kappa shape index (κ2) is 5.21. The van der Waals surface area contributed by atoms with E-state index in [1.54, 1.807) is 0 Å². The molecule has 0 amide bonds. The van der Waals surface area contributed by atoms with Crippen LogP contribution in [0.15, 0.2) is 35.3 Å². The minimum atomic E-state index is 0.507. The summed E-state index contributed by atoms with van der Waals surface area (Å²) in [6.45, 7) is 3.86. The number of aliphatic imine (C=N–C) groups is 1. The summed E-state index contributed by atoms with van der Waals surface area (Å²) in [4.78, 5) is 4.34. The third-order valence-corrected chi connectivity index (χ3v) is 3.63. The predicted molar refractivity (Wildman–Crippen MR) is 71.7 cm³/mol. The van der Waals surface area contributed by atoms with Gasteiger partial charge in [0.05, 0.1) is 6.54 Å². The molecule has 1 aromatic carbocycles. The molecule has 0 atom stereocenters. The Morgan fingerprint density at radius 3 is 2.65 bits per heavy atom. The van der Waals surface area contributed by atoms with Crippen molar-refractivity contribution in [2.45, 2.75) is 32.7 Å². The Morgan fingerprint density at radius 2 is 2.06 bits per heavy atom. The Bertz CT molecular complexity index is 380. The molecular weight excluding hydrogens is 210 g/mol. The van der Waals surface area contributed by atoms with Crippen molar-refractivity contribution in [1.29, 1.82) is 0 Å². The van der Waals surface area contributed by atoms with Crippen LogP contribution in [0.3, 0.4) is 0 Å². The van der Waals surface area contributed by atoms with Gasteiger partial charge in [0.2, 0.25) is 0 Å². The summed E-state index contributed by atoms with van der Waals surface area (Å²) in [5, 5.41) is 3.23. The van der Waals surface area contributed by atoms with Gasteiger partial charge in [0.25, 0.3) is 0 Å². The lowest BCUT2D eigenvalue weighted by molar-refractivity contribution is 0.480. The Hall–Kier alpha value is -1.51. The second-order valence-electron chi connectivity index (χ2n) is 4.89. The molecule has 0 bridgehead atoms. The number of nitrogens with zero attached hydrogens (tertiary/aromatic N) is 1. The first kappa shape index (κ1) is 12.0. The first-order valence-electron chi connectivity index (χ1n) is 6.32. The minimum Gasteiger partial charge on any atom is -0.370 e. The molecule has 0 aliphatic heterocycles. The van der Waals surface area contributed by atoms with Crippen LogP contribution in [-0.2, 0) is 6.54 Å². The number of benzene rings is 1. The number of hydrogen-bond acceptors (Lipinski definition) is 1. The molecule has 0 heterocycles. The normalized spacial score (nSPS) is 17.8. The maximum absolute atomic E-state index is 5.85. The van der Waals surface area contributed by atoms with Gasteiger partial charge in [-0.25, -0.2) is 4.99 Å². The van der Waals surface area contributed by atoms with Gasteiger partial charge in [-0.3, -0.25) is 0 Å². The summed E-state index contributed by atoms with van der Waals surface area (Å²) in [5.74, 6) is 0.563. The van der Waals surface area contributed by atoms with E-state index >= 15 is 0 Å². The molecule has 92 valence electrons. The highest BCUT2D eigenvalue weighted by Crippen LogP contribution is 2.47. The summed E-state index contributed by atoms with van der Waals surface area (Å²) < 4.78 is 0. The van der Waals surface area contributed by atoms with E-state index in [9.17, 15) is 0 Å². The van der Waals surface area contributed by atoms with Crippen LogP contribution in [0.5, 0.6) is 0 Å². The zero-order chi connectivity index (χ0) is 12.1. The van der Waals surface area contributed by atoms with Crippen molar-refractivity contribution in [1.82, 2.24) is 5.32 Å². The molecule has 1 fully saturated rings. The molecule has 0 aromatic heterocycles. The minimum absolute atomic E-state index is 0.507. The number of guanidine groups is 1. The van der Waals surface area contributed by atoms with Gasteiger partial charge in [-0.2, -0.15) is 0 Å². The lowest BCUT2D eigenvalue weighted by Gasteiger charge is -2.13. The molecule has 17 heavy (non-hydrogen) atoms. The average molecular weight is 231 g/mol. The van der Waals surface area contributed by atoms with Crippen LogP contribution in [0.2, 0.25) is 0 Å². The lowest BCUT2D eigenvalue weighted by atomic mass is 10.0. The van der Waals surface area contributed by atoms with Crippen molar-refractivity contribution in [2.75, 3.05) is 6.54 Å². The van der Waals surface area contributed by atoms with Gasteiger partial charge >= 0.3 is 0 Å². The van der Waals surface area contributed by atoms with Crippen LogP contribution in [-0.4, -0.2) is 12.5 Å². The molecule has 0 saturated heterocycles. The SMILES string of the molecule is CCC1(CNC(N)=NCc2ccccc2)CC1. The predicted octanol–water partition coefficient (Wildman–Crippen LogP) is 2.28. The molecular formula is C14H21N3. The van der Waals surface area contributed by atoms with E-state index < -0.39 is 0 Å². The summed E-state index contributed by atoms with van der Waals surface area (Å²) in [5.41, 5.74) is 7.55. The van der Waals surface area contributed by atoms with E-state index in [2.05, 4.69) is 29.4 Å². The van der Waals surface area contributed by atoms with Crippen molar-refractivity contribution in [3.05, 3.63) is 35.9 Å². The van der Waals surface area contributed by atoms with Crippen LogP contribution >= 0.6 is 0 Å². The molecule has 1 aromatic rings. The molecule has 1 aliphatic carbocycles. The largest absolute Gasteiger partial charge is 0.370 e. The van der Waals surface area contributed by atoms with E-state index in [0.29, 0.717) is 17.9 Å². The molecule has 3 N–H and O–H groups in total. The second-order valence-corrected chi connectivity index (χ2v) is 4.89. The summed E-state index contributed by atoms with van der Waals surface area (Å²) in [6.07, 6.45) is 3.87. The Labute approximate surface area is 103 Å². The first-order chi connectivity index (χ1) is 8.24.